The molecule has 1 amide bonds. The molecule has 0 spiro atoms. The number of nitrogens with one attached hydrogen (secondary N) is 2. The first-order chi connectivity index (χ1) is 10.1. The summed E-state index contributed by atoms with van der Waals surface area (Å²) in [6.45, 7) is -0.171. The molecule has 0 unspecified atom stereocenters. The molecular formula is C15H14N2O4. The van der Waals surface area contributed by atoms with Crippen molar-refractivity contribution in [2.45, 2.75) is 0 Å². The van der Waals surface area contributed by atoms with E-state index in [2.05, 4.69) is 10.3 Å². The molecule has 1 aromatic heterocycles. The fraction of sp³-hybridized carbons (Fsp3) is 0.133. The number of ether oxygens (including phenoxy) is 1. The van der Waals surface area contributed by atoms with Gasteiger partial charge in [-0.2, -0.15) is 0 Å². The molecule has 0 aliphatic rings. The molecule has 0 saturated carbocycles. The van der Waals surface area contributed by atoms with E-state index in [0.29, 0.717) is 5.56 Å². The Labute approximate surface area is 120 Å². The largest absolute Gasteiger partial charge is 0.375 e. The highest BCUT2D eigenvalue weighted by Gasteiger charge is 2.18. The molecule has 0 saturated heterocycles. The van der Waals surface area contributed by atoms with E-state index in [-0.39, 0.29) is 18.0 Å². The lowest BCUT2D eigenvalue weighted by Crippen LogP contribution is -2.24. The van der Waals surface area contributed by atoms with E-state index in [0.717, 1.165) is 0 Å². The Hall–Kier alpha value is -2.73. The number of rotatable bonds is 5. The lowest BCUT2D eigenvalue weighted by molar-refractivity contribution is -0.119. The third-order valence-electron chi connectivity index (χ3n) is 2.76. The summed E-state index contributed by atoms with van der Waals surface area (Å²) < 4.78 is 4.70. The van der Waals surface area contributed by atoms with E-state index in [1.165, 1.54) is 19.4 Å². The fourth-order valence-corrected chi connectivity index (χ4v) is 1.84. The first kappa shape index (κ1) is 14.7. The molecule has 0 bridgehead atoms. The minimum absolute atomic E-state index is 0.0680. The molecule has 108 valence electrons. The lowest BCUT2D eigenvalue weighted by Gasteiger charge is -2.09. The number of aromatic nitrogens is 1. The summed E-state index contributed by atoms with van der Waals surface area (Å²) in [5, 5.41) is 2.46. The highest BCUT2D eigenvalue weighted by atomic mass is 16.5. The van der Waals surface area contributed by atoms with Gasteiger partial charge in [-0.3, -0.25) is 14.4 Å². The monoisotopic (exact) mass is 286 g/mol. The van der Waals surface area contributed by atoms with Gasteiger partial charge in [0.15, 0.2) is 5.43 Å². The standard InChI is InChI=1S/C15H14N2O4/c1-21-9-12(19)17-15-13(11(18)7-8-16-15)14(20)10-5-3-2-4-6-10/h2-8H,9H2,1H3,(H2,16,17,18,19). The van der Waals surface area contributed by atoms with Crippen LogP contribution in [0, 0.1) is 0 Å². The second kappa shape index (κ2) is 6.62. The first-order valence-corrected chi connectivity index (χ1v) is 6.23. The minimum Gasteiger partial charge on any atom is -0.375 e. The number of benzene rings is 1. The van der Waals surface area contributed by atoms with Crippen LogP contribution in [0.15, 0.2) is 47.4 Å². The predicted octanol–water partition coefficient (Wildman–Crippen LogP) is 1.19. The van der Waals surface area contributed by atoms with Gasteiger partial charge in [-0.1, -0.05) is 30.3 Å². The molecule has 6 heteroatoms. The van der Waals surface area contributed by atoms with Gasteiger partial charge in [0, 0.05) is 24.9 Å². The molecule has 0 atom stereocenters. The van der Waals surface area contributed by atoms with Gasteiger partial charge < -0.3 is 15.0 Å². The highest BCUT2D eigenvalue weighted by Crippen LogP contribution is 2.13. The second-order valence-corrected chi connectivity index (χ2v) is 4.27. The van der Waals surface area contributed by atoms with Crippen LogP contribution in [0.2, 0.25) is 0 Å². The van der Waals surface area contributed by atoms with Crippen molar-refractivity contribution >= 4 is 17.5 Å². The quantitative estimate of drug-likeness (QED) is 0.808. The van der Waals surface area contributed by atoms with Crippen LogP contribution >= 0.6 is 0 Å². The number of carbonyl (C=O) groups excluding carboxylic acids is 2. The number of hydrogen-bond acceptors (Lipinski definition) is 4. The topological polar surface area (TPSA) is 88.3 Å². The van der Waals surface area contributed by atoms with Crippen molar-refractivity contribution in [1.82, 2.24) is 4.98 Å². The van der Waals surface area contributed by atoms with Crippen molar-refractivity contribution in [3.8, 4) is 0 Å². The van der Waals surface area contributed by atoms with Crippen LogP contribution in [0.5, 0.6) is 0 Å². The van der Waals surface area contributed by atoms with E-state index in [9.17, 15) is 14.4 Å². The Morgan fingerprint density at radius 2 is 1.90 bits per heavy atom. The molecule has 0 fully saturated rings. The number of pyridine rings is 1. The summed E-state index contributed by atoms with van der Waals surface area (Å²) in [6.07, 6.45) is 1.37. The van der Waals surface area contributed by atoms with E-state index >= 15 is 0 Å². The van der Waals surface area contributed by atoms with Crippen LogP contribution in [0.4, 0.5) is 5.82 Å². The Balaban J connectivity index is 2.41. The van der Waals surface area contributed by atoms with Crippen molar-refractivity contribution in [3.05, 3.63) is 63.9 Å². The molecule has 0 aliphatic heterocycles. The molecule has 2 rings (SSSR count). The van der Waals surface area contributed by atoms with Gasteiger partial charge in [-0.25, -0.2) is 0 Å². The molecule has 1 aromatic carbocycles. The van der Waals surface area contributed by atoms with Crippen molar-refractivity contribution in [2.75, 3.05) is 19.0 Å². The van der Waals surface area contributed by atoms with Gasteiger partial charge in [-0.05, 0) is 0 Å². The number of carbonyl (C=O) groups is 2. The van der Waals surface area contributed by atoms with Gasteiger partial charge in [0.05, 0.1) is 0 Å². The van der Waals surface area contributed by atoms with Gasteiger partial charge >= 0.3 is 0 Å². The van der Waals surface area contributed by atoms with Gasteiger partial charge in [0.2, 0.25) is 5.78 Å². The van der Waals surface area contributed by atoms with E-state index in [1.807, 2.05) is 0 Å². The van der Waals surface area contributed by atoms with Crippen molar-refractivity contribution < 1.29 is 14.3 Å². The fourth-order valence-electron chi connectivity index (χ4n) is 1.84. The Morgan fingerprint density at radius 1 is 1.19 bits per heavy atom. The predicted molar refractivity (Wildman–Crippen MR) is 77.4 cm³/mol. The van der Waals surface area contributed by atoms with Crippen molar-refractivity contribution in [1.29, 1.82) is 0 Å². The zero-order chi connectivity index (χ0) is 15.2. The number of methoxy groups -OCH3 is 1. The molecule has 6 nitrogen and oxygen atoms in total. The van der Waals surface area contributed by atoms with Gasteiger partial charge in [-0.15, -0.1) is 0 Å². The molecule has 2 N–H and O–H groups in total. The Bertz CT molecular complexity index is 707. The van der Waals surface area contributed by atoms with Crippen molar-refractivity contribution in [2.24, 2.45) is 0 Å². The van der Waals surface area contributed by atoms with E-state index in [1.54, 1.807) is 30.3 Å². The Kier molecular flexibility index (Phi) is 4.63. The third-order valence-corrected chi connectivity index (χ3v) is 2.76. The first-order valence-electron chi connectivity index (χ1n) is 6.23. The Morgan fingerprint density at radius 3 is 2.57 bits per heavy atom. The minimum atomic E-state index is -0.463. The maximum absolute atomic E-state index is 12.4. The number of H-pyrrole nitrogens is 1. The zero-order valence-corrected chi connectivity index (χ0v) is 11.4. The molecule has 2 aromatic rings. The molecule has 0 radical (unpaired) electrons. The highest BCUT2D eigenvalue weighted by molar-refractivity contribution is 6.13. The smallest absolute Gasteiger partial charge is 0.251 e. The summed E-state index contributed by atoms with van der Waals surface area (Å²) in [7, 11) is 1.38. The second-order valence-electron chi connectivity index (χ2n) is 4.27. The van der Waals surface area contributed by atoms with Crippen LogP contribution in [0.25, 0.3) is 0 Å². The van der Waals surface area contributed by atoms with E-state index in [4.69, 9.17) is 4.74 Å². The molecule has 1 heterocycles. The average molecular weight is 286 g/mol. The number of aromatic amines is 1. The number of anilines is 1. The number of amides is 1. The number of ketones is 1. The summed E-state index contributed by atoms with van der Waals surface area (Å²) in [4.78, 5) is 38.7. The summed E-state index contributed by atoms with van der Waals surface area (Å²) in [5.41, 5.74) is -0.195. The summed E-state index contributed by atoms with van der Waals surface area (Å²) in [6, 6.07) is 9.63. The number of hydrogen-bond donors (Lipinski definition) is 2. The van der Waals surface area contributed by atoms with Crippen LogP contribution in [-0.4, -0.2) is 30.4 Å². The maximum atomic E-state index is 12.4. The van der Waals surface area contributed by atoms with Gasteiger partial charge in [0.25, 0.3) is 5.91 Å². The summed E-state index contributed by atoms with van der Waals surface area (Å²) >= 11 is 0. The van der Waals surface area contributed by atoms with Crippen LogP contribution < -0.4 is 10.7 Å². The normalized spacial score (nSPS) is 10.1. The van der Waals surface area contributed by atoms with E-state index < -0.39 is 17.1 Å². The third kappa shape index (κ3) is 3.43. The SMILES string of the molecule is COCC(=O)Nc1[nH]ccc(=O)c1C(=O)c1ccccc1. The maximum Gasteiger partial charge on any atom is 0.251 e. The average Bonchev–Trinajstić information content (AvgIpc) is 2.48. The molecule has 0 aliphatic carbocycles. The summed E-state index contributed by atoms with van der Waals surface area (Å²) in [5.74, 6) is -0.843. The van der Waals surface area contributed by atoms with Crippen LogP contribution in [0.3, 0.4) is 0 Å². The molecular weight excluding hydrogens is 272 g/mol. The van der Waals surface area contributed by atoms with Gasteiger partial charge in [0.1, 0.15) is 18.0 Å². The van der Waals surface area contributed by atoms with Crippen LogP contribution in [0.1, 0.15) is 15.9 Å². The molecule has 21 heavy (non-hydrogen) atoms. The van der Waals surface area contributed by atoms with Crippen molar-refractivity contribution in [3.63, 3.8) is 0 Å². The lowest BCUT2D eigenvalue weighted by atomic mass is 10.0. The van der Waals surface area contributed by atoms with Crippen LogP contribution in [-0.2, 0) is 9.53 Å². The zero-order valence-electron chi connectivity index (χ0n) is 11.4.